The molecule has 2 heterocycles. The van der Waals surface area contributed by atoms with Crippen LogP contribution in [0.25, 0.3) is 28.1 Å². The first-order valence-electron chi connectivity index (χ1n) is 11.4. The van der Waals surface area contributed by atoms with Crippen molar-refractivity contribution < 1.29 is 4.39 Å². The Balaban J connectivity index is 1.74. The van der Waals surface area contributed by atoms with Crippen LogP contribution >= 0.6 is 11.3 Å². The monoisotopic (exact) mass is 454 g/mol. The molecule has 1 aliphatic carbocycles. The number of nitrogens with zero attached hydrogens (tertiary/aromatic N) is 1. The van der Waals surface area contributed by atoms with Crippen LogP contribution in [-0.4, -0.2) is 10.2 Å². The summed E-state index contributed by atoms with van der Waals surface area (Å²) >= 11 is 1.78. The van der Waals surface area contributed by atoms with E-state index >= 15 is 0 Å². The van der Waals surface area contributed by atoms with Gasteiger partial charge in [-0.3, -0.25) is 5.10 Å². The number of fused-ring (bicyclic) bond motifs is 1. The van der Waals surface area contributed by atoms with Crippen LogP contribution < -0.4 is 0 Å². The second-order valence-electron chi connectivity index (χ2n) is 8.88. The van der Waals surface area contributed by atoms with Crippen LogP contribution in [-0.2, 0) is 0 Å². The lowest BCUT2D eigenvalue weighted by atomic mass is 9.73. The molecule has 1 aliphatic rings. The van der Waals surface area contributed by atoms with E-state index in [2.05, 4.69) is 71.6 Å². The third-order valence-electron chi connectivity index (χ3n) is 6.49. The van der Waals surface area contributed by atoms with E-state index in [1.54, 1.807) is 11.3 Å². The zero-order valence-electron chi connectivity index (χ0n) is 19.0. The van der Waals surface area contributed by atoms with E-state index in [1.807, 2.05) is 25.1 Å². The maximum absolute atomic E-state index is 14.4. The highest BCUT2D eigenvalue weighted by Crippen LogP contribution is 2.46. The average molecular weight is 455 g/mol. The quantitative estimate of drug-likeness (QED) is 0.291. The Morgan fingerprint density at radius 1 is 1.12 bits per heavy atom. The molecule has 0 bridgehead atoms. The molecule has 33 heavy (non-hydrogen) atoms. The van der Waals surface area contributed by atoms with E-state index < -0.39 is 0 Å². The fraction of sp³-hybridized carbons (Fsp3) is 0.207. The lowest BCUT2D eigenvalue weighted by Gasteiger charge is -2.31. The summed E-state index contributed by atoms with van der Waals surface area (Å²) in [6.07, 6.45) is 7.74. The van der Waals surface area contributed by atoms with E-state index in [0.29, 0.717) is 16.8 Å². The van der Waals surface area contributed by atoms with Gasteiger partial charge in [0.2, 0.25) is 5.95 Å². The van der Waals surface area contributed by atoms with Crippen molar-refractivity contribution in [3.05, 3.63) is 105 Å². The van der Waals surface area contributed by atoms with Crippen molar-refractivity contribution >= 4 is 39.5 Å². The van der Waals surface area contributed by atoms with E-state index in [-0.39, 0.29) is 5.95 Å². The second-order valence-corrected chi connectivity index (χ2v) is 10.00. The van der Waals surface area contributed by atoms with Gasteiger partial charge in [-0.15, -0.1) is 11.3 Å². The van der Waals surface area contributed by atoms with Gasteiger partial charge in [-0.1, -0.05) is 61.1 Å². The topological polar surface area (TPSA) is 28.7 Å². The molecule has 5 rings (SSSR count). The summed E-state index contributed by atoms with van der Waals surface area (Å²) in [5.41, 5.74) is 8.88. The van der Waals surface area contributed by atoms with Gasteiger partial charge in [0.05, 0.1) is 10.9 Å². The number of aromatic nitrogens is 2. The Bertz CT molecular complexity index is 1380. The SMILES string of the molecule is C=C(C)/C=C/c1ccc(/C(=C(\c2ccsc2C)C2CCC2)c2ccc3n[nH]c(F)c3c2)cc1. The largest absolute Gasteiger partial charge is 0.252 e. The van der Waals surface area contributed by atoms with Crippen LogP contribution in [0.4, 0.5) is 4.39 Å². The molecular formula is C29H27FN2S. The van der Waals surface area contributed by atoms with E-state index in [1.165, 1.54) is 40.8 Å². The molecule has 2 aromatic carbocycles. The molecule has 4 aromatic rings. The summed E-state index contributed by atoms with van der Waals surface area (Å²) in [7, 11) is 0. The zero-order valence-corrected chi connectivity index (χ0v) is 19.8. The molecule has 2 nitrogen and oxygen atoms in total. The number of H-pyrrole nitrogens is 1. The molecule has 0 spiro atoms. The molecule has 0 atom stereocenters. The predicted octanol–water partition coefficient (Wildman–Crippen LogP) is 8.42. The van der Waals surface area contributed by atoms with Crippen LogP contribution in [0.2, 0.25) is 0 Å². The number of hydrogen-bond acceptors (Lipinski definition) is 2. The molecule has 1 saturated carbocycles. The summed E-state index contributed by atoms with van der Waals surface area (Å²) in [6.45, 7) is 8.13. The molecule has 1 fully saturated rings. The maximum atomic E-state index is 14.4. The van der Waals surface area contributed by atoms with Crippen LogP contribution in [0.15, 0.2) is 72.1 Å². The van der Waals surface area contributed by atoms with Crippen molar-refractivity contribution in [1.29, 1.82) is 0 Å². The van der Waals surface area contributed by atoms with Gasteiger partial charge in [0.15, 0.2) is 0 Å². The number of allylic oxidation sites excluding steroid dienone is 3. The molecular weight excluding hydrogens is 427 g/mol. The fourth-order valence-electron chi connectivity index (χ4n) is 4.53. The van der Waals surface area contributed by atoms with Crippen LogP contribution in [0.1, 0.15) is 53.3 Å². The number of thiophene rings is 1. The van der Waals surface area contributed by atoms with Crippen molar-refractivity contribution in [2.24, 2.45) is 5.92 Å². The molecule has 2 aromatic heterocycles. The van der Waals surface area contributed by atoms with Gasteiger partial charge in [0.25, 0.3) is 0 Å². The lowest BCUT2D eigenvalue weighted by molar-refractivity contribution is 0.401. The van der Waals surface area contributed by atoms with Gasteiger partial charge in [-0.25, -0.2) is 0 Å². The Morgan fingerprint density at radius 3 is 2.52 bits per heavy atom. The smallest absolute Gasteiger partial charge is 0.216 e. The first-order chi connectivity index (χ1) is 16.0. The minimum atomic E-state index is -0.386. The van der Waals surface area contributed by atoms with Gasteiger partial charge in [-0.2, -0.15) is 9.49 Å². The number of halogens is 1. The Morgan fingerprint density at radius 2 is 1.88 bits per heavy atom. The zero-order chi connectivity index (χ0) is 22.9. The van der Waals surface area contributed by atoms with Crippen LogP contribution in [0, 0.1) is 18.8 Å². The summed E-state index contributed by atoms with van der Waals surface area (Å²) in [6, 6.07) is 16.8. The molecule has 0 aliphatic heterocycles. The molecule has 4 heteroatoms. The minimum Gasteiger partial charge on any atom is -0.252 e. The van der Waals surface area contributed by atoms with Crippen molar-refractivity contribution in [2.45, 2.75) is 33.1 Å². The standard InChI is InChI=1S/C29H27FN2S/c1-18(2)7-8-20-9-11-22(12-10-20)27(23-13-14-26-25(17-23)29(30)32-31-26)28(21-5-4-6-21)24-15-16-33-19(24)3/h7-17,21H,1,4-6H2,2-3H3,(H,31,32)/b8-7+,28-27+. The number of nitrogens with one attached hydrogen (secondary N) is 1. The average Bonchev–Trinajstić information content (AvgIpc) is 3.36. The molecule has 0 radical (unpaired) electrons. The molecule has 1 N–H and O–H groups in total. The van der Waals surface area contributed by atoms with Crippen molar-refractivity contribution in [3.63, 3.8) is 0 Å². The van der Waals surface area contributed by atoms with E-state index in [0.717, 1.165) is 22.3 Å². The van der Waals surface area contributed by atoms with Gasteiger partial charge in [-0.05, 0) is 89.6 Å². The number of benzene rings is 2. The highest BCUT2D eigenvalue weighted by Gasteiger charge is 2.28. The number of aryl methyl sites for hydroxylation is 1. The number of aromatic amines is 1. The molecule has 0 saturated heterocycles. The molecule has 166 valence electrons. The maximum Gasteiger partial charge on any atom is 0.216 e. The Labute approximate surface area is 198 Å². The van der Waals surface area contributed by atoms with Crippen molar-refractivity contribution in [3.8, 4) is 0 Å². The predicted molar refractivity (Wildman–Crippen MR) is 139 cm³/mol. The van der Waals surface area contributed by atoms with Gasteiger partial charge in [0.1, 0.15) is 0 Å². The molecule has 0 amide bonds. The summed E-state index contributed by atoms with van der Waals surface area (Å²) < 4.78 is 14.4. The first-order valence-corrected chi connectivity index (χ1v) is 12.3. The number of rotatable bonds is 6. The van der Waals surface area contributed by atoms with E-state index in [4.69, 9.17) is 0 Å². The third-order valence-corrected chi connectivity index (χ3v) is 7.33. The third kappa shape index (κ3) is 4.23. The van der Waals surface area contributed by atoms with Gasteiger partial charge in [0, 0.05) is 4.88 Å². The fourth-order valence-corrected chi connectivity index (χ4v) is 5.24. The number of hydrogen-bond donors (Lipinski definition) is 1. The second kappa shape index (κ2) is 8.95. The Kier molecular flexibility index (Phi) is 5.86. The van der Waals surface area contributed by atoms with Crippen LogP contribution in [0.3, 0.4) is 0 Å². The van der Waals surface area contributed by atoms with Gasteiger partial charge < -0.3 is 0 Å². The van der Waals surface area contributed by atoms with Crippen LogP contribution in [0.5, 0.6) is 0 Å². The highest BCUT2D eigenvalue weighted by atomic mass is 32.1. The first kappa shape index (κ1) is 21.6. The minimum absolute atomic E-state index is 0.386. The lowest BCUT2D eigenvalue weighted by Crippen LogP contribution is -2.15. The van der Waals surface area contributed by atoms with E-state index in [9.17, 15) is 4.39 Å². The van der Waals surface area contributed by atoms with Crippen molar-refractivity contribution in [1.82, 2.24) is 10.2 Å². The van der Waals surface area contributed by atoms with Gasteiger partial charge >= 0.3 is 0 Å². The summed E-state index contributed by atoms with van der Waals surface area (Å²) in [4.78, 5) is 1.32. The normalized spacial score (nSPS) is 15.1. The summed E-state index contributed by atoms with van der Waals surface area (Å²) in [5.74, 6) is 0.129. The molecule has 0 unspecified atom stereocenters. The Hall–Kier alpha value is -3.24. The highest BCUT2D eigenvalue weighted by molar-refractivity contribution is 7.10. The summed E-state index contributed by atoms with van der Waals surface area (Å²) in [5, 5.41) is 9.26. The van der Waals surface area contributed by atoms with Crippen molar-refractivity contribution in [2.75, 3.05) is 0 Å².